The Bertz CT molecular complexity index is 333. The molecule has 1 aromatic carbocycles. The van der Waals surface area contributed by atoms with Gasteiger partial charge in [0.2, 0.25) is 0 Å². The number of phenolic OH excluding ortho intramolecular Hbond substituents is 1. The van der Waals surface area contributed by atoms with Crippen molar-refractivity contribution in [3.8, 4) is 5.75 Å². The Morgan fingerprint density at radius 1 is 1.38 bits per heavy atom. The maximum Gasteiger partial charge on any atom is 0.165 e. The number of aryl methyl sites for hydroxylation is 1. The predicted molar refractivity (Wildman–Crippen MR) is 49.3 cm³/mol. The molecular formula is C11H13FO. The van der Waals surface area contributed by atoms with Crippen molar-refractivity contribution < 1.29 is 9.50 Å². The maximum atomic E-state index is 13.0. The Kier molecular flexibility index (Phi) is 1.98. The standard InChI is InChI=1S/C11H13FO/c1-7-2-3-8-6-11(13)10(12)5-9(8)4-7/h5-7,13H,2-4H2,1H3. The molecule has 0 fully saturated rings. The van der Waals surface area contributed by atoms with Gasteiger partial charge in [0.25, 0.3) is 0 Å². The molecule has 1 aliphatic carbocycles. The van der Waals surface area contributed by atoms with E-state index in [1.165, 1.54) is 6.07 Å². The van der Waals surface area contributed by atoms with E-state index >= 15 is 0 Å². The van der Waals surface area contributed by atoms with E-state index in [1.54, 1.807) is 6.07 Å². The summed E-state index contributed by atoms with van der Waals surface area (Å²) in [5, 5.41) is 9.17. The number of halogens is 1. The molecule has 70 valence electrons. The van der Waals surface area contributed by atoms with E-state index in [9.17, 15) is 4.39 Å². The molecule has 0 aromatic heterocycles. The van der Waals surface area contributed by atoms with Crippen LogP contribution < -0.4 is 0 Å². The van der Waals surface area contributed by atoms with Crippen LogP contribution in [0.1, 0.15) is 24.5 Å². The van der Waals surface area contributed by atoms with Crippen LogP contribution in [0.5, 0.6) is 5.75 Å². The average molecular weight is 180 g/mol. The quantitative estimate of drug-likeness (QED) is 0.650. The summed E-state index contributed by atoms with van der Waals surface area (Å²) in [6.45, 7) is 2.17. The molecule has 1 unspecified atom stereocenters. The lowest BCUT2D eigenvalue weighted by Gasteiger charge is -2.21. The third-order valence-corrected chi connectivity index (χ3v) is 2.74. The van der Waals surface area contributed by atoms with Crippen molar-refractivity contribution in [3.05, 3.63) is 29.1 Å². The van der Waals surface area contributed by atoms with Crippen molar-refractivity contribution in [2.24, 2.45) is 5.92 Å². The minimum absolute atomic E-state index is 0.215. The van der Waals surface area contributed by atoms with Gasteiger partial charge in [0.1, 0.15) is 0 Å². The first-order chi connectivity index (χ1) is 6.16. The SMILES string of the molecule is CC1CCc2cc(O)c(F)cc2C1. The number of aromatic hydroxyl groups is 1. The molecule has 1 atom stereocenters. The van der Waals surface area contributed by atoms with Crippen molar-refractivity contribution in [1.82, 2.24) is 0 Å². The summed E-state index contributed by atoms with van der Waals surface area (Å²) in [6.07, 6.45) is 3.04. The molecule has 1 N–H and O–H groups in total. The smallest absolute Gasteiger partial charge is 0.165 e. The molecule has 0 saturated heterocycles. The maximum absolute atomic E-state index is 13.0. The van der Waals surface area contributed by atoms with Crippen LogP contribution in [0.4, 0.5) is 4.39 Å². The molecule has 1 aliphatic rings. The molecule has 0 bridgehead atoms. The van der Waals surface area contributed by atoms with E-state index in [4.69, 9.17) is 5.11 Å². The highest BCUT2D eigenvalue weighted by atomic mass is 19.1. The largest absolute Gasteiger partial charge is 0.505 e. The lowest BCUT2D eigenvalue weighted by atomic mass is 9.85. The van der Waals surface area contributed by atoms with Gasteiger partial charge in [-0.05, 0) is 48.4 Å². The highest BCUT2D eigenvalue weighted by Gasteiger charge is 2.17. The van der Waals surface area contributed by atoms with Gasteiger partial charge in [-0.2, -0.15) is 0 Å². The number of benzene rings is 1. The number of hydrogen-bond acceptors (Lipinski definition) is 1. The van der Waals surface area contributed by atoms with Crippen LogP contribution in [0.25, 0.3) is 0 Å². The minimum atomic E-state index is -0.493. The zero-order valence-electron chi connectivity index (χ0n) is 7.68. The molecule has 0 radical (unpaired) electrons. The van der Waals surface area contributed by atoms with Crippen LogP contribution in [-0.2, 0) is 12.8 Å². The zero-order chi connectivity index (χ0) is 9.42. The van der Waals surface area contributed by atoms with Crippen LogP contribution in [0, 0.1) is 11.7 Å². The van der Waals surface area contributed by atoms with Crippen LogP contribution in [0.3, 0.4) is 0 Å². The normalized spacial score (nSPS) is 21.2. The lowest BCUT2D eigenvalue weighted by Crippen LogP contribution is -2.11. The zero-order valence-corrected chi connectivity index (χ0v) is 7.68. The van der Waals surface area contributed by atoms with Gasteiger partial charge in [-0.25, -0.2) is 4.39 Å². The van der Waals surface area contributed by atoms with Crippen LogP contribution in [0.2, 0.25) is 0 Å². The number of fused-ring (bicyclic) bond motifs is 1. The summed E-state index contributed by atoms with van der Waals surface area (Å²) >= 11 is 0. The third-order valence-electron chi connectivity index (χ3n) is 2.74. The van der Waals surface area contributed by atoms with Crippen molar-refractivity contribution in [1.29, 1.82) is 0 Å². The van der Waals surface area contributed by atoms with Gasteiger partial charge < -0.3 is 5.11 Å². The first-order valence-electron chi connectivity index (χ1n) is 4.67. The van der Waals surface area contributed by atoms with E-state index in [1.807, 2.05) is 0 Å². The van der Waals surface area contributed by atoms with Crippen molar-refractivity contribution in [2.45, 2.75) is 26.2 Å². The Morgan fingerprint density at radius 2 is 2.15 bits per heavy atom. The number of rotatable bonds is 0. The van der Waals surface area contributed by atoms with E-state index in [2.05, 4.69) is 6.92 Å². The van der Waals surface area contributed by atoms with E-state index < -0.39 is 5.82 Å². The topological polar surface area (TPSA) is 20.2 Å². The van der Waals surface area contributed by atoms with E-state index in [0.29, 0.717) is 5.92 Å². The fraction of sp³-hybridized carbons (Fsp3) is 0.455. The second-order valence-electron chi connectivity index (χ2n) is 3.92. The summed E-state index contributed by atoms with van der Waals surface area (Å²) in [4.78, 5) is 0. The van der Waals surface area contributed by atoms with Gasteiger partial charge >= 0.3 is 0 Å². The van der Waals surface area contributed by atoms with E-state index in [0.717, 1.165) is 30.4 Å². The first kappa shape index (κ1) is 8.54. The van der Waals surface area contributed by atoms with Gasteiger partial charge in [-0.1, -0.05) is 6.92 Å². The van der Waals surface area contributed by atoms with Gasteiger partial charge in [0.05, 0.1) is 0 Å². The molecule has 2 rings (SSSR count). The van der Waals surface area contributed by atoms with Crippen molar-refractivity contribution in [3.63, 3.8) is 0 Å². The van der Waals surface area contributed by atoms with Crippen molar-refractivity contribution >= 4 is 0 Å². The summed E-state index contributed by atoms with van der Waals surface area (Å²) in [5.41, 5.74) is 2.17. The molecule has 2 heteroatoms. The van der Waals surface area contributed by atoms with Gasteiger partial charge in [0.15, 0.2) is 11.6 Å². The van der Waals surface area contributed by atoms with Crippen LogP contribution in [0.15, 0.2) is 12.1 Å². The molecule has 13 heavy (non-hydrogen) atoms. The molecule has 0 heterocycles. The molecule has 0 amide bonds. The fourth-order valence-corrected chi connectivity index (χ4v) is 1.95. The number of hydrogen-bond donors (Lipinski definition) is 1. The summed E-state index contributed by atoms with van der Waals surface area (Å²) in [5.74, 6) is -0.0717. The first-order valence-corrected chi connectivity index (χ1v) is 4.67. The molecule has 0 spiro atoms. The average Bonchev–Trinajstić information content (AvgIpc) is 2.08. The van der Waals surface area contributed by atoms with Gasteiger partial charge in [0, 0.05) is 0 Å². The monoisotopic (exact) mass is 180 g/mol. The molecule has 1 aromatic rings. The summed E-state index contributed by atoms with van der Waals surface area (Å²) in [6, 6.07) is 3.04. The summed E-state index contributed by atoms with van der Waals surface area (Å²) in [7, 11) is 0. The van der Waals surface area contributed by atoms with Crippen molar-refractivity contribution in [2.75, 3.05) is 0 Å². The van der Waals surface area contributed by atoms with Gasteiger partial charge in [-0.15, -0.1) is 0 Å². The lowest BCUT2D eigenvalue weighted by molar-refractivity contribution is 0.425. The molecule has 0 saturated carbocycles. The Labute approximate surface area is 77.2 Å². The molecule has 1 nitrogen and oxygen atoms in total. The minimum Gasteiger partial charge on any atom is -0.505 e. The Hall–Kier alpha value is -1.05. The molecule has 0 aliphatic heterocycles. The van der Waals surface area contributed by atoms with Crippen LogP contribution >= 0.6 is 0 Å². The highest BCUT2D eigenvalue weighted by Crippen LogP contribution is 2.29. The molecular weight excluding hydrogens is 167 g/mol. The fourth-order valence-electron chi connectivity index (χ4n) is 1.95. The number of phenols is 1. The second kappa shape index (κ2) is 3.02. The highest BCUT2D eigenvalue weighted by molar-refractivity contribution is 5.37. The Balaban J connectivity index is 2.43. The summed E-state index contributed by atoms with van der Waals surface area (Å²) < 4.78 is 13.0. The predicted octanol–water partition coefficient (Wildman–Crippen LogP) is 2.66. The van der Waals surface area contributed by atoms with Crippen LogP contribution in [-0.4, -0.2) is 5.11 Å². The van der Waals surface area contributed by atoms with E-state index in [-0.39, 0.29) is 5.75 Å². The second-order valence-corrected chi connectivity index (χ2v) is 3.92. The third kappa shape index (κ3) is 1.53. The Morgan fingerprint density at radius 3 is 2.92 bits per heavy atom. The van der Waals surface area contributed by atoms with Gasteiger partial charge in [-0.3, -0.25) is 0 Å².